The lowest BCUT2D eigenvalue weighted by Crippen LogP contribution is -2.48. The van der Waals surface area contributed by atoms with E-state index in [9.17, 15) is 27.9 Å². The van der Waals surface area contributed by atoms with Crippen molar-refractivity contribution in [3.63, 3.8) is 0 Å². The standard InChI is InChI=1S/C30H32F3NO6/c1-28(2,3)29(4)16-18-13-26(39-12-8-11-38-5)21(19-9-6-7-10-25(19)40-30(31,32)33)14-20(18)23-15-24(35)22(27(36)37)17-34(23)29/h6-7,9-10,13-15,17H,8,11-12,16H2,1-5H3,(H,36,37)/t29-/m0/s1. The number of carboxylic acids is 1. The zero-order chi connectivity index (χ0) is 29.5. The largest absolute Gasteiger partial charge is 0.573 e. The highest BCUT2D eigenvalue weighted by Gasteiger charge is 2.44. The lowest BCUT2D eigenvalue weighted by Gasteiger charge is -2.48. The highest BCUT2D eigenvalue weighted by molar-refractivity contribution is 5.88. The number of pyridine rings is 1. The third kappa shape index (κ3) is 5.58. The Morgan fingerprint density at radius 2 is 1.73 bits per heavy atom. The topological polar surface area (TPSA) is 87.0 Å². The Morgan fingerprint density at radius 1 is 1.02 bits per heavy atom. The summed E-state index contributed by atoms with van der Waals surface area (Å²) in [5, 5.41) is 9.66. The zero-order valence-corrected chi connectivity index (χ0v) is 23.0. The van der Waals surface area contributed by atoms with E-state index in [1.807, 2.05) is 27.7 Å². The van der Waals surface area contributed by atoms with Crippen LogP contribution in [0.2, 0.25) is 0 Å². The SMILES string of the molecule is COCCCOc1cc2c(cc1-c1ccccc1OC(F)(F)F)-c1cc(=O)c(C(=O)O)cn1[C@](C)(C(C)(C)C)C2. The van der Waals surface area contributed by atoms with Gasteiger partial charge in [-0.2, -0.15) is 0 Å². The number of alkyl halides is 3. The van der Waals surface area contributed by atoms with Crippen LogP contribution in [0, 0.1) is 5.41 Å². The van der Waals surface area contributed by atoms with Crippen molar-refractivity contribution in [3.8, 4) is 33.9 Å². The maximum Gasteiger partial charge on any atom is 0.573 e. The first-order chi connectivity index (χ1) is 18.7. The van der Waals surface area contributed by atoms with Crippen molar-refractivity contribution in [2.45, 2.75) is 52.4 Å². The summed E-state index contributed by atoms with van der Waals surface area (Å²) in [7, 11) is 1.57. The highest BCUT2D eigenvalue weighted by Crippen LogP contribution is 2.50. The average Bonchev–Trinajstić information content (AvgIpc) is 2.85. The van der Waals surface area contributed by atoms with Crippen molar-refractivity contribution >= 4 is 5.97 Å². The fraction of sp³-hybridized carbons (Fsp3) is 0.400. The number of ether oxygens (including phenoxy) is 3. The van der Waals surface area contributed by atoms with Crippen molar-refractivity contribution < 1.29 is 37.3 Å². The van der Waals surface area contributed by atoms with Crippen LogP contribution in [0.4, 0.5) is 13.2 Å². The third-order valence-electron chi connectivity index (χ3n) is 7.60. The summed E-state index contributed by atoms with van der Waals surface area (Å²) in [5.41, 5.74) is 0.331. The Labute approximate surface area is 230 Å². The van der Waals surface area contributed by atoms with Crippen molar-refractivity contribution in [1.29, 1.82) is 0 Å². The number of aromatic carboxylic acids is 1. The van der Waals surface area contributed by atoms with E-state index in [0.29, 0.717) is 42.0 Å². The highest BCUT2D eigenvalue weighted by atomic mass is 19.4. The molecule has 2 heterocycles. The molecule has 1 atom stereocenters. The molecule has 0 saturated carbocycles. The van der Waals surface area contributed by atoms with Gasteiger partial charge in [-0.15, -0.1) is 13.2 Å². The maximum atomic E-state index is 13.3. The van der Waals surface area contributed by atoms with E-state index >= 15 is 0 Å². The van der Waals surface area contributed by atoms with Crippen LogP contribution in [0.5, 0.6) is 11.5 Å². The van der Waals surface area contributed by atoms with E-state index in [-0.39, 0.29) is 23.1 Å². The summed E-state index contributed by atoms with van der Waals surface area (Å²) in [6.07, 6.45) is -2.53. The third-order valence-corrected chi connectivity index (χ3v) is 7.60. The van der Waals surface area contributed by atoms with Crippen LogP contribution < -0.4 is 14.9 Å². The van der Waals surface area contributed by atoms with E-state index in [1.54, 1.807) is 29.9 Å². The van der Waals surface area contributed by atoms with Crippen LogP contribution in [0.1, 0.15) is 50.0 Å². The van der Waals surface area contributed by atoms with E-state index in [2.05, 4.69) is 4.74 Å². The summed E-state index contributed by atoms with van der Waals surface area (Å²) in [6, 6.07) is 10.5. The number of benzene rings is 2. The van der Waals surface area contributed by atoms with Crippen molar-refractivity contribution in [1.82, 2.24) is 4.57 Å². The molecule has 2 aromatic carbocycles. The van der Waals surface area contributed by atoms with Crippen LogP contribution in [-0.2, 0) is 16.7 Å². The molecule has 1 aromatic heterocycles. The molecule has 0 saturated heterocycles. The van der Waals surface area contributed by atoms with Crippen molar-refractivity contribution in [3.05, 3.63) is 70.0 Å². The second kappa shape index (κ2) is 10.6. The molecule has 10 heteroatoms. The number of halogens is 3. The van der Waals surface area contributed by atoms with Gasteiger partial charge < -0.3 is 23.9 Å². The van der Waals surface area contributed by atoms with Gasteiger partial charge in [-0.05, 0) is 42.5 Å². The molecule has 0 bridgehead atoms. The number of hydrogen-bond donors (Lipinski definition) is 1. The minimum atomic E-state index is -4.91. The molecule has 1 aliphatic rings. The van der Waals surface area contributed by atoms with Gasteiger partial charge >= 0.3 is 12.3 Å². The quantitative estimate of drug-likeness (QED) is 0.317. The fourth-order valence-corrected chi connectivity index (χ4v) is 5.02. The van der Waals surface area contributed by atoms with E-state index in [0.717, 1.165) is 5.56 Å². The van der Waals surface area contributed by atoms with Gasteiger partial charge in [0.1, 0.15) is 17.1 Å². The van der Waals surface area contributed by atoms with E-state index in [1.165, 1.54) is 30.5 Å². The van der Waals surface area contributed by atoms with Gasteiger partial charge in [-0.1, -0.05) is 39.0 Å². The molecule has 0 amide bonds. The molecule has 1 N–H and O–H groups in total. The van der Waals surface area contributed by atoms with Crippen LogP contribution in [0.15, 0.2) is 53.5 Å². The van der Waals surface area contributed by atoms with Gasteiger partial charge in [-0.3, -0.25) is 4.79 Å². The molecule has 0 radical (unpaired) electrons. The molecule has 1 aliphatic heterocycles. The summed E-state index contributed by atoms with van der Waals surface area (Å²) >= 11 is 0. The van der Waals surface area contributed by atoms with Crippen LogP contribution in [0.3, 0.4) is 0 Å². The molecule has 0 aliphatic carbocycles. The smallest absolute Gasteiger partial charge is 0.493 e. The first-order valence-corrected chi connectivity index (χ1v) is 12.8. The molecule has 0 fully saturated rings. The number of nitrogens with zero attached hydrogens (tertiary/aromatic N) is 1. The Kier molecular flexibility index (Phi) is 7.77. The van der Waals surface area contributed by atoms with Gasteiger partial charge in [-0.25, -0.2) is 4.79 Å². The first-order valence-electron chi connectivity index (χ1n) is 12.8. The lowest BCUT2D eigenvalue weighted by molar-refractivity contribution is -0.274. The lowest BCUT2D eigenvalue weighted by atomic mass is 9.68. The summed E-state index contributed by atoms with van der Waals surface area (Å²) < 4.78 is 57.2. The van der Waals surface area contributed by atoms with Crippen LogP contribution in [0.25, 0.3) is 22.4 Å². The number of methoxy groups -OCH3 is 1. The Hall–Kier alpha value is -3.79. The van der Waals surface area contributed by atoms with Crippen LogP contribution >= 0.6 is 0 Å². The molecular formula is C30H32F3NO6. The minimum Gasteiger partial charge on any atom is -0.493 e. The average molecular weight is 560 g/mol. The van der Waals surface area contributed by atoms with Gasteiger partial charge in [0, 0.05) is 49.1 Å². The maximum absolute atomic E-state index is 13.3. The van der Waals surface area contributed by atoms with Gasteiger partial charge in [0.25, 0.3) is 0 Å². The molecule has 40 heavy (non-hydrogen) atoms. The summed E-state index contributed by atoms with van der Waals surface area (Å²) in [4.78, 5) is 24.7. The number of para-hydroxylation sites is 1. The number of carboxylic acid groups (broad SMARTS) is 1. The summed E-state index contributed by atoms with van der Waals surface area (Å²) in [6.45, 7) is 8.79. The molecule has 0 spiro atoms. The zero-order valence-electron chi connectivity index (χ0n) is 23.0. The number of hydrogen-bond acceptors (Lipinski definition) is 5. The molecule has 3 aromatic rings. The normalized spacial score (nSPS) is 16.7. The van der Waals surface area contributed by atoms with E-state index < -0.39 is 29.0 Å². The van der Waals surface area contributed by atoms with Gasteiger partial charge in [0.15, 0.2) is 5.43 Å². The summed E-state index contributed by atoms with van der Waals surface area (Å²) in [5.74, 6) is -1.37. The monoisotopic (exact) mass is 559 g/mol. The number of fused-ring (bicyclic) bond motifs is 3. The second-order valence-corrected chi connectivity index (χ2v) is 11.1. The number of aromatic nitrogens is 1. The van der Waals surface area contributed by atoms with Crippen molar-refractivity contribution in [2.24, 2.45) is 5.41 Å². The van der Waals surface area contributed by atoms with Crippen molar-refractivity contribution in [2.75, 3.05) is 20.3 Å². The molecular weight excluding hydrogens is 527 g/mol. The molecule has 7 nitrogen and oxygen atoms in total. The number of rotatable bonds is 8. The second-order valence-electron chi connectivity index (χ2n) is 11.1. The molecule has 0 unspecified atom stereocenters. The van der Waals surface area contributed by atoms with Gasteiger partial charge in [0.05, 0.1) is 17.8 Å². The molecule has 214 valence electrons. The van der Waals surface area contributed by atoms with Gasteiger partial charge in [0.2, 0.25) is 0 Å². The number of carbonyl (C=O) groups is 1. The minimum absolute atomic E-state index is 0.157. The first kappa shape index (κ1) is 29.2. The Morgan fingerprint density at radius 3 is 2.35 bits per heavy atom. The Bertz CT molecular complexity index is 1490. The predicted molar refractivity (Wildman–Crippen MR) is 144 cm³/mol. The van der Waals surface area contributed by atoms with Crippen LogP contribution in [-0.4, -0.2) is 42.3 Å². The fourth-order valence-electron chi connectivity index (χ4n) is 5.02. The predicted octanol–water partition coefficient (Wildman–Crippen LogP) is 6.51. The Balaban J connectivity index is 2.00. The molecule has 4 rings (SSSR count). The van der Waals surface area contributed by atoms with E-state index in [4.69, 9.17) is 9.47 Å².